The molecule has 0 unspecified atom stereocenters. The molecule has 3 aliphatic rings. The summed E-state index contributed by atoms with van der Waals surface area (Å²) < 4.78 is 22.8. The minimum Gasteiger partial charge on any atom is -0.497 e. The van der Waals surface area contributed by atoms with Crippen molar-refractivity contribution >= 4 is 17.5 Å². The van der Waals surface area contributed by atoms with Crippen LogP contribution in [0.3, 0.4) is 0 Å². The van der Waals surface area contributed by atoms with Crippen LogP contribution >= 0.6 is 0 Å². The minimum atomic E-state index is -0.427. The molecule has 9 nitrogen and oxygen atoms in total. The molecule has 0 saturated carbocycles. The number of benzene rings is 3. The zero-order valence-corrected chi connectivity index (χ0v) is 24.1. The van der Waals surface area contributed by atoms with Crippen molar-refractivity contribution in [3.8, 4) is 23.0 Å². The quantitative estimate of drug-likeness (QED) is 0.421. The van der Waals surface area contributed by atoms with Crippen LogP contribution in [0.5, 0.6) is 23.0 Å². The monoisotopic (exact) mass is 571 g/mol. The molecular formula is C33H37N3O6. The number of nitrogens with zero attached hydrogens (tertiary/aromatic N) is 3. The minimum absolute atomic E-state index is 0.00567. The van der Waals surface area contributed by atoms with Crippen LogP contribution in [0.25, 0.3) is 0 Å². The van der Waals surface area contributed by atoms with Gasteiger partial charge in [-0.2, -0.15) is 0 Å². The number of hydrogen-bond donors (Lipinski definition) is 0. The first-order valence-electron chi connectivity index (χ1n) is 14.5. The van der Waals surface area contributed by atoms with Crippen LogP contribution in [0, 0.1) is 5.92 Å². The van der Waals surface area contributed by atoms with Crippen molar-refractivity contribution in [2.75, 3.05) is 58.5 Å². The number of anilines is 1. The maximum absolute atomic E-state index is 14.2. The summed E-state index contributed by atoms with van der Waals surface area (Å²) in [7, 11) is 3.24. The molecule has 6 rings (SSSR count). The summed E-state index contributed by atoms with van der Waals surface area (Å²) in [6.07, 6.45) is 0.771. The molecule has 2 amide bonds. The largest absolute Gasteiger partial charge is 0.497 e. The molecule has 3 aromatic rings. The number of hydrogen-bond acceptors (Lipinski definition) is 7. The second kappa shape index (κ2) is 12.3. The fourth-order valence-electron chi connectivity index (χ4n) is 6.21. The zero-order chi connectivity index (χ0) is 29.1. The molecule has 0 spiro atoms. The highest BCUT2D eigenvalue weighted by Gasteiger charge is 2.43. The van der Waals surface area contributed by atoms with E-state index >= 15 is 0 Å². The van der Waals surface area contributed by atoms with Gasteiger partial charge in [0.2, 0.25) is 11.8 Å². The highest BCUT2D eigenvalue weighted by molar-refractivity contribution is 5.97. The number of fused-ring (bicyclic) bond motifs is 1. The lowest BCUT2D eigenvalue weighted by molar-refractivity contribution is -0.140. The predicted octanol–water partition coefficient (Wildman–Crippen LogP) is 4.17. The number of carbonyl (C=O) groups is 2. The van der Waals surface area contributed by atoms with E-state index in [0.29, 0.717) is 38.3 Å². The zero-order valence-electron chi connectivity index (χ0n) is 24.1. The van der Waals surface area contributed by atoms with Gasteiger partial charge in [0.05, 0.1) is 26.2 Å². The topological polar surface area (TPSA) is 80.8 Å². The van der Waals surface area contributed by atoms with E-state index in [9.17, 15) is 9.59 Å². The molecule has 3 atom stereocenters. The van der Waals surface area contributed by atoms with E-state index in [1.54, 1.807) is 19.1 Å². The second-order valence-electron chi connectivity index (χ2n) is 10.9. The van der Waals surface area contributed by atoms with Gasteiger partial charge in [-0.15, -0.1) is 0 Å². The van der Waals surface area contributed by atoms with Gasteiger partial charge >= 0.3 is 0 Å². The third-order valence-electron chi connectivity index (χ3n) is 8.44. The third-order valence-corrected chi connectivity index (χ3v) is 8.44. The molecular weight excluding hydrogens is 534 g/mol. The highest BCUT2D eigenvalue weighted by atomic mass is 16.6. The Bertz CT molecular complexity index is 1390. The Morgan fingerprint density at radius 3 is 2.17 bits per heavy atom. The van der Waals surface area contributed by atoms with E-state index in [1.165, 1.54) is 0 Å². The van der Waals surface area contributed by atoms with Crippen LogP contribution in [0.4, 0.5) is 5.69 Å². The molecule has 0 bridgehead atoms. The molecule has 0 N–H and O–H groups in total. The Labute approximate surface area is 246 Å². The number of para-hydroxylation sites is 2. The van der Waals surface area contributed by atoms with Gasteiger partial charge in [0, 0.05) is 44.8 Å². The lowest BCUT2D eigenvalue weighted by Gasteiger charge is -2.44. The fourth-order valence-corrected chi connectivity index (χ4v) is 6.21. The molecule has 9 heteroatoms. The van der Waals surface area contributed by atoms with Crippen molar-refractivity contribution < 1.29 is 28.5 Å². The second-order valence-corrected chi connectivity index (χ2v) is 10.9. The summed E-state index contributed by atoms with van der Waals surface area (Å²) in [5.74, 6) is 2.73. The van der Waals surface area contributed by atoms with Crippen LogP contribution in [0.1, 0.15) is 24.4 Å². The average molecular weight is 572 g/mol. The van der Waals surface area contributed by atoms with Crippen LogP contribution in [0.15, 0.2) is 72.8 Å². The van der Waals surface area contributed by atoms with Crippen LogP contribution in [-0.4, -0.2) is 81.3 Å². The first-order valence-corrected chi connectivity index (χ1v) is 14.5. The molecule has 2 saturated heterocycles. The number of carbonyl (C=O) groups excluding carboxylic acids is 2. The fraction of sp³-hybridized carbons (Fsp3) is 0.394. The molecule has 3 heterocycles. The summed E-state index contributed by atoms with van der Waals surface area (Å²) in [6.45, 7) is 4.03. The maximum Gasteiger partial charge on any atom is 0.228 e. The SMILES string of the molecule is COc1ccc([C@@H]2[C@@H](C(=O)N3CCN(C[C@H]4COc5ccccc5O4)CC3)CCC(=O)N2c2ccc(OC)cc2)cc1. The molecule has 3 aromatic carbocycles. The third kappa shape index (κ3) is 5.74. The van der Waals surface area contributed by atoms with Gasteiger partial charge in [-0.3, -0.25) is 14.5 Å². The van der Waals surface area contributed by atoms with E-state index in [-0.39, 0.29) is 23.8 Å². The smallest absolute Gasteiger partial charge is 0.228 e. The Morgan fingerprint density at radius 1 is 0.857 bits per heavy atom. The summed E-state index contributed by atoms with van der Waals surface area (Å²) in [6, 6.07) is 22.5. The number of amides is 2. The van der Waals surface area contributed by atoms with Crippen molar-refractivity contribution in [2.24, 2.45) is 5.92 Å². The van der Waals surface area contributed by atoms with Gasteiger partial charge in [0.1, 0.15) is 24.2 Å². The van der Waals surface area contributed by atoms with Crippen molar-refractivity contribution in [2.45, 2.75) is 25.0 Å². The van der Waals surface area contributed by atoms with Crippen LogP contribution < -0.4 is 23.8 Å². The summed E-state index contributed by atoms with van der Waals surface area (Å²) in [4.78, 5) is 33.7. The summed E-state index contributed by atoms with van der Waals surface area (Å²) in [5, 5.41) is 0. The summed E-state index contributed by atoms with van der Waals surface area (Å²) >= 11 is 0. The number of piperazine rings is 1. The molecule has 3 aliphatic heterocycles. The van der Waals surface area contributed by atoms with Gasteiger partial charge < -0.3 is 28.7 Å². The number of ether oxygens (including phenoxy) is 4. The molecule has 0 radical (unpaired) electrons. The van der Waals surface area contributed by atoms with Crippen molar-refractivity contribution in [1.82, 2.24) is 9.80 Å². The van der Waals surface area contributed by atoms with Crippen molar-refractivity contribution in [3.05, 3.63) is 78.4 Å². The Balaban J connectivity index is 1.17. The lowest BCUT2D eigenvalue weighted by Crippen LogP contribution is -2.55. The first kappa shape index (κ1) is 27.9. The van der Waals surface area contributed by atoms with E-state index in [0.717, 1.165) is 48.1 Å². The lowest BCUT2D eigenvalue weighted by atomic mass is 9.82. The van der Waals surface area contributed by atoms with Gasteiger partial charge in [-0.1, -0.05) is 24.3 Å². The van der Waals surface area contributed by atoms with E-state index in [1.807, 2.05) is 77.7 Å². The van der Waals surface area contributed by atoms with E-state index in [2.05, 4.69) is 4.90 Å². The molecule has 42 heavy (non-hydrogen) atoms. The Kier molecular flexibility index (Phi) is 8.19. The standard InChI is InChI=1S/C33H37N3O6/c1-39-25-11-7-23(8-12-25)32-28(15-16-31(37)36(32)24-9-13-26(40-2)14-10-24)33(38)35-19-17-34(18-20-35)21-27-22-41-29-5-3-4-6-30(29)42-27/h3-14,27-28,32H,15-22H2,1-2H3/t27-,28-,32+/m0/s1. The Morgan fingerprint density at radius 2 is 1.50 bits per heavy atom. The molecule has 0 aliphatic carbocycles. The number of methoxy groups -OCH3 is 2. The van der Waals surface area contributed by atoms with Gasteiger partial charge in [0.15, 0.2) is 11.5 Å². The molecule has 0 aromatic heterocycles. The molecule has 220 valence electrons. The Hall–Kier alpha value is -4.24. The maximum atomic E-state index is 14.2. The molecule has 2 fully saturated rings. The van der Waals surface area contributed by atoms with Crippen molar-refractivity contribution in [3.63, 3.8) is 0 Å². The van der Waals surface area contributed by atoms with Gasteiger partial charge in [-0.25, -0.2) is 0 Å². The number of rotatable bonds is 7. The summed E-state index contributed by atoms with van der Waals surface area (Å²) in [5.41, 5.74) is 1.66. The van der Waals surface area contributed by atoms with Gasteiger partial charge in [-0.05, 0) is 60.5 Å². The van der Waals surface area contributed by atoms with E-state index in [4.69, 9.17) is 18.9 Å². The van der Waals surface area contributed by atoms with E-state index < -0.39 is 6.04 Å². The predicted molar refractivity (Wildman–Crippen MR) is 158 cm³/mol. The highest BCUT2D eigenvalue weighted by Crippen LogP contribution is 2.42. The van der Waals surface area contributed by atoms with Crippen LogP contribution in [0.2, 0.25) is 0 Å². The average Bonchev–Trinajstić information content (AvgIpc) is 3.05. The normalized spacial score (nSPS) is 22.5. The number of piperidine rings is 1. The van der Waals surface area contributed by atoms with Crippen LogP contribution in [-0.2, 0) is 9.59 Å². The van der Waals surface area contributed by atoms with Crippen molar-refractivity contribution in [1.29, 1.82) is 0 Å². The van der Waals surface area contributed by atoms with Gasteiger partial charge in [0.25, 0.3) is 0 Å². The first-order chi connectivity index (χ1) is 20.5.